The molecule has 0 radical (unpaired) electrons. The molecule has 0 bridgehead atoms. The second kappa shape index (κ2) is 5.80. The van der Waals surface area contributed by atoms with Gasteiger partial charge in [-0.15, -0.1) is 11.3 Å². The highest BCUT2D eigenvalue weighted by Crippen LogP contribution is 2.29. The Kier molecular flexibility index (Phi) is 4.38. The number of thiophene rings is 1. The highest BCUT2D eigenvalue weighted by molar-refractivity contribution is 7.10. The lowest BCUT2D eigenvalue weighted by Gasteiger charge is -2.16. The first kappa shape index (κ1) is 12.1. The highest BCUT2D eigenvalue weighted by Gasteiger charge is 2.22. The standard InChI is InChI=1S/C13H22N2S/c1-11-5-8-16-13(11)9-14-6-7-15(2)10-12-3-4-12/h5,8,12,14H,3-4,6-7,9-10H2,1-2H3. The molecule has 0 aliphatic heterocycles. The minimum atomic E-state index is 1.00. The Labute approximate surface area is 103 Å². The van der Waals surface area contributed by atoms with Crippen LogP contribution >= 0.6 is 11.3 Å². The third-order valence-electron chi connectivity index (χ3n) is 3.19. The third-order valence-corrected chi connectivity index (χ3v) is 4.21. The molecule has 3 heteroatoms. The van der Waals surface area contributed by atoms with Crippen molar-refractivity contribution in [2.75, 3.05) is 26.7 Å². The lowest BCUT2D eigenvalue weighted by molar-refractivity contribution is 0.318. The quantitative estimate of drug-likeness (QED) is 0.734. The van der Waals surface area contributed by atoms with Gasteiger partial charge in [0.25, 0.3) is 0 Å². The van der Waals surface area contributed by atoms with Crippen LogP contribution in [0.25, 0.3) is 0 Å². The molecule has 0 atom stereocenters. The van der Waals surface area contributed by atoms with Gasteiger partial charge in [-0.25, -0.2) is 0 Å². The monoisotopic (exact) mass is 238 g/mol. The Balaban J connectivity index is 1.55. The van der Waals surface area contributed by atoms with Crippen LogP contribution in [0.1, 0.15) is 23.3 Å². The van der Waals surface area contributed by atoms with Crippen LogP contribution in [0.4, 0.5) is 0 Å². The number of nitrogens with zero attached hydrogens (tertiary/aromatic N) is 1. The summed E-state index contributed by atoms with van der Waals surface area (Å²) in [5.74, 6) is 1.00. The summed E-state index contributed by atoms with van der Waals surface area (Å²) < 4.78 is 0. The molecular weight excluding hydrogens is 216 g/mol. The SMILES string of the molecule is Cc1ccsc1CNCCN(C)CC1CC1. The van der Waals surface area contributed by atoms with Crippen LogP contribution in [0.15, 0.2) is 11.4 Å². The summed E-state index contributed by atoms with van der Waals surface area (Å²) in [4.78, 5) is 3.93. The minimum absolute atomic E-state index is 1.00. The Bertz CT molecular complexity index is 317. The van der Waals surface area contributed by atoms with Crippen molar-refractivity contribution >= 4 is 11.3 Å². The first-order valence-corrected chi connectivity index (χ1v) is 7.06. The van der Waals surface area contributed by atoms with E-state index in [0.29, 0.717) is 0 Å². The Morgan fingerprint density at radius 1 is 1.50 bits per heavy atom. The summed E-state index contributed by atoms with van der Waals surface area (Å²) in [6, 6.07) is 2.20. The van der Waals surface area contributed by atoms with Gasteiger partial charge >= 0.3 is 0 Å². The van der Waals surface area contributed by atoms with E-state index in [-0.39, 0.29) is 0 Å². The van der Waals surface area contributed by atoms with E-state index in [0.717, 1.165) is 19.0 Å². The molecule has 0 aromatic carbocycles. The number of likely N-dealkylation sites (N-methyl/N-ethyl adjacent to an activating group) is 1. The normalized spacial score (nSPS) is 15.9. The summed E-state index contributed by atoms with van der Waals surface area (Å²) in [6.45, 7) is 6.77. The Hall–Kier alpha value is -0.380. The van der Waals surface area contributed by atoms with Crippen molar-refractivity contribution < 1.29 is 0 Å². The van der Waals surface area contributed by atoms with Gasteiger partial charge in [-0.1, -0.05) is 0 Å². The van der Waals surface area contributed by atoms with Gasteiger partial charge in [-0.3, -0.25) is 0 Å². The average molecular weight is 238 g/mol. The highest BCUT2D eigenvalue weighted by atomic mass is 32.1. The zero-order chi connectivity index (χ0) is 11.4. The molecule has 0 amide bonds. The number of rotatable bonds is 7. The number of hydrogen-bond donors (Lipinski definition) is 1. The number of aryl methyl sites for hydroxylation is 1. The number of hydrogen-bond acceptors (Lipinski definition) is 3. The largest absolute Gasteiger partial charge is 0.311 e. The van der Waals surface area contributed by atoms with Crippen LogP contribution < -0.4 is 5.32 Å². The fraction of sp³-hybridized carbons (Fsp3) is 0.692. The fourth-order valence-corrected chi connectivity index (χ4v) is 2.77. The van der Waals surface area contributed by atoms with E-state index in [1.54, 1.807) is 0 Å². The van der Waals surface area contributed by atoms with E-state index in [1.807, 2.05) is 11.3 Å². The zero-order valence-electron chi connectivity index (χ0n) is 10.3. The molecule has 1 aromatic rings. The molecule has 0 unspecified atom stereocenters. The Morgan fingerprint density at radius 2 is 2.31 bits per heavy atom. The molecule has 1 saturated carbocycles. The molecule has 1 N–H and O–H groups in total. The van der Waals surface area contributed by atoms with Crippen molar-refractivity contribution in [3.63, 3.8) is 0 Å². The molecule has 1 aliphatic carbocycles. The first-order valence-electron chi connectivity index (χ1n) is 6.18. The average Bonchev–Trinajstić information content (AvgIpc) is 2.96. The second-order valence-corrected chi connectivity index (χ2v) is 5.91. The van der Waals surface area contributed by atoms with E-state index < -0.39 is 0 Å². The predicted octanol–water partition coefficient (Wildman–Crippen LogP) is 2.49. The van der Waals surface area contributed by atoms with Gasteiger partial charge in [0.2, 0.25) is 0 Å². The maximum absolute atomic E-state index is 3.52. The molecule has 2 nitrogen and oxygen atoms in total. The van der Waals surface area contributed by atoms with E-state index in [2.05, 4.69) is 35.6 Å². The maximum Gasteiger partial charge on any atom is 0.0302 e. The summed E-state index contributed by atoms with van der Waals surface area (Å²) >= 11 is 1.85. The lowest BCUT2D eigenvalue weighted by atomic mass is 10.3. The molecular formula is C13H22N2S. The molecule has 16 heavy (non-hydrogen) atoms. The van der Waals surface area contributed by atoms with Crippen LogP contribution in [0.2, 0.25) is 0 Å². The smallest absolute Gasteiger partial charge is 0.0302 e. The molecule has 1 fully saturated rings. The van der Waals surface area contributed by atoms with E-state index in [4.69, 9.17) is 0 Å². The van der Waals surface area contributed by atoms with Crippen molar-refractivity contribution in [2.24, 2.45) is 5.92 Å². The van der Waals surface area contributed by atoms with Gasteiger partial charge in [-0.2, -0.15) is 0 Å². The van der Waals surface area contributed by atoms with Crippen molar-refractivity contribution in [3.8, 4) is 0 Å². The molecule has 1 heterocycles. The van der Waals surface area contributed by atoms with Crippen LogP contribution in [0.3, 0.4) is 0 Å². The van der Waals surface area contributed by atoms with Crippen molar-refractivity contribution in [1.82, 2.24) is 10.2 Å². The Morgan fingerprint density at radius 3 is 2.94 bits per heavy atom. The van der Waals surface area contributed by atoms with Gasteiger partial charge in [0.15, 0.2) is 0 Å². The van der Waals surface area contributed by atoms with Gasteiger partial charge in [0, 0.05) is 31.1 Å². The molecule has 1 aromatic heterocycles. The third kappa shape index (κ3) is 3.89. The van der Waals surface area contributed by atoms with Crippen LogP contribution in [0, 0.1) is 12.8 Å². The second-order valence-electron chi connectivity index (χ2n) is 4.91. The molecule has 2 rings (SSSR count). The van der Waals surface area contributed by atoms with Gasteiger partial charge in [0.05, 0.1) is 0 Å². The van der Waals surface area contributed by atoms with Crippen molar-refractivity contribution in [1.29, 1.82) is 0 Å². The topological polar surface area (TPSA) is 15.3 Å². The van der Waals surface area contributed by atoms with Gasteiger partial charge < -0.3 is 10.2 Å². The van der Waals surface area contributed by atoms with Gasteiger partial charge in [0.1, 0.15) is 0 Å². The van der Waals surface area contributed by atoms with Crippen molar-refractivity contribution in [3.05, 3.63) is 21.9 Å². The van der Waals surface area contributed by atoms with Gasteiger partial charge in [-0.05, 0) is 49.7 Å². The fourth-order valence-electron chi connectivity index (χ4n) is 1.89. The molecule has 0 saturated heterocycles. The van der Waals surface area contributed by atoms with Crippen LogP contribution in [0.5, 0.6) is 0 Å². The van der Waals surface area contributed by atoms with E-state index in [1.165, 1.54) is 36.4 Å². The number of nitrogens with one attached hydrogen (secondary N) is 1. The molecule has 1 aliphatic rings. The predicted molar refractivity (Wildman–Crippen MR) is 71.0 cm³/mol. The van der Waals surface area contributed by atoms with Crippen LogP contribution in [-0.2, 0) is 6.54 Å². The molecule has 90 valence electrons. The van der Waals surface area contributed by atoms with Crippen LogP contribution in [-0.4, -0.2) is 31.6 Å². The maximum atomic E-state index is 3.52. The minimum Gasteiger partial charge on any atom is -0.311 e. The van der Waals surface area contributed by atoms with E-state index >= 15 is 0 Å². The zero-order valence-corrected chi connectivity index (χ0v) is 11.1. The summed E-state index contributed by atoms with van der Waals surface area (Å²) in [7, 11) is 2.23. The van der Waals surface area contributed by atoms with Crippen molar-refractivity contribution in [2.45, 2.75) is 26.3 Å². The summed E-state index contributed by atoms with van der Waals surface area (Å²) in [5.41, 5.74) is 1.42. The summed E-state index contributed by atoms with van der Waals surface area (Å²) in [6.07, 6.45) is 2.90. The molecule has 0 spiro atoms. The summed E-state index contributed by atoms with van der Waals surface area (Å²) in [5, 5.41) is 5.69. The lowest BCUT2D eigenvalue weighted by Crippen LogP contribution is -2.30. The first-order chi connectivity index (χ1) is 7.75. The van der Waals surface area contributed by atoms with E-state index in [9.17, 15) is 0 Å².